The molecular weight excluding hydrogens is 469 g/mol. The molecule has 0 atom stereocenters. The van der Waals surface area contributed by atoms with Crippen molar-refractivity contribution in [1.29, 1.82) is 0 Å². The number of pyridine rings is 1. The summed E-state index contributed by atoms with van der Waals surface area (Å²) in [6.45, 7) is 5.86. The van der Waals surface area contributed by atoms with Crippen LogP contribution in [0.5, 0.6) is 0 Å². The smallest absolute Gasteiger partial charge is 0.361 e. The van der Waals surface area contributed by atoms with Crippen LogP contribution in [0.1, 0.15) is 49.5 Å². The Bertz CT molecular complexity index is 655. The van der Waals surface area contributed by atoms with Crippen molar-refractivity contribution in [2.24, 2.45) is 0 Å². The summed E-state index contributed by atoms with van der Waals surface area (Å²) in [6.07, 6.45) is 5.23. The van der Waals surface area contributed by atoms with Gasteiger partial charge in [-0.15, -0.1) is 0 Å². The number of carbonyl (C=O) groups is 2. The van der Waals surface area contributed by atoms with Crippen LogP contribution in [-0.2, 0) is 9.53 Å². The maximum Gasteiger partial charge on any atom is 0.361 e. The zero-order valence-corrected chi connectivity index (χ0v) is 19.3. The lowest BCUT2D eigenvalue weighted by atomic mass is 10.1. The third-order valence-corrected chi connectivity index (χ3v) is 5.40. The number of aromatic nitrogens is 1. The van der Waals surface area contributed by atoms with E-state index in [0.29, 0.717) is 30.7 Å². The van der Waals surface area contributed by atoms with E-state index in [1.54, 1.807) is 12.1 Å². The third kappa shape index (κ3) is 7.85. The van der Waals surface area contributed by atoms with Crippen molar-refractivity contribution in [2.75, 3.05) is 39.3 Å². The van der Waals surface area contributed by atoms with Gasteiger partial charge in [-0.25, -0.2) is 9.78 Å². The lowest BCUT2D eigenvalue weighted by Crippen LogP contribution is -3.00. The van der Waals surface area contributed by atoms with Gasteiger partial charge in [0.25, 0.3) is 5.91 Å². The molecule has 1 aliphatic rings. The van der Waals surface area contributed by atoms with Crippen molar-refractivity contribution in [2.45, 2.75) is 39.0 Å². The summed E-state index contributed by atoms with van der Waals surface area (Å²) in [6, 6.07) is 3.09. The number of piperidine rings is 1. The predicted molar refractivity (Wildman–Crippen MR) is 106 cm³/mol. The first-order chi connectivity index (χ1) is 13.0. The second kappa shape index (κ2) is 12.6. The van der Waals surface area contributed by atoms with Crippen molar-refractivity contribution in [3.05, 3.63) is 28.0 Å². The van der Waals surface area contributed by atoms with Crippen LogP contribution in [0.15, 0.2) is 12.1 Å². The molecule has 28 heavy (non-hydrogen) atoms. The number of unbranched alkanes of at least 4 members (excludes halogenated alkanes) is 1. The fraction of sp³-hybridized carbons (Fsp3) is 0.632. The first-order valence-electron chi connectivity index (χ1n) is 9.57. The van der Waals surface area contributed by atoms with Gasteiger partial charge in [-0.2, -0.15) is 0 Å². The molecule has 0 bridgehead atoms. The van der Waals surface area contributed by atoms with E-state index in [2.05, 4.69) is 17.2 Å². The molecule has 1 saturated heterocycles. The van der Waals surface area contributed by atoms with Gasteiger partial charge in [-0.1, -0.05) is 36.5 Å². The molecule has 0 aromatic carbocycles. The van der Waals surface area contributed by atoms with Crippen LogP contribution in [0.3, 0.4) is 0 Å². The molecule has 1 amide bonds. The minimum absolute atomic E-state index is 0. The molecular formula is C19H28BrCl2N3O3. The molecule has 0 unspecified atom stereocenters. The molecule has 0 aliphatic carbocycles. The van der Waals surface area contributed by atoms with Gasteiger partial charge in [0.15, 0.2) is 6.54 Å². The van der Waals surface area contributed by atoms with E-state index in [1.165, 1.54) is 6.42 Å². The Kier molecular flexibility index (Phi) is 11.3. The van der Waals surface area contributed by atoms with Gasteiger partial charge in [-0.3, -0.25) is 4.79 Å². The number of ether oxygens (including phenoxy) is 1. The molecule has 0 spiro atoms. The molecule has 0 saturated carbocycles. The number of hydrogen-bond acceptors (Lipinski definition) is 4. The van der Waals surface area contributed by atoms with E-state index in [9.17, 15) is 9.59 Å². The summed E-state index contributed by atoms with van der Waals surface area (Å²) in [5.74, 6) is -0.514. The Hall–Kier alpha value is -0.890. The predicted octanol–water partition coefficient (Wildman–Crippen LogP) is 0.466. The van der Waals surface area contributed by atoms with Gasteiger partial charge < -0.3 is 31.5 Å². The normalized spacial score (nSPS) is 15.4. The molecule has 9 heteroatoms. The number of likely N-dealkylation sites (tertiary alicyclic amines) is 1. The van der Waals surface area contributed by atoms with Crippen molar-refractivity contribution in [1.82, 2.24) is 10.3 Å². The Labute approximate surface area is 187 Å². The van der Waals surface area contributed by atoms with E-state index in [0.717, 1.165) is 38.8 Å². The first kappa shape index (κ1) is 25.1. The highest BCUT2D eigenvalue weighted by Crippen LogP contribution is 2.19. The lowest BCUT2D eigenvalue weighted by Gasteiger charge is -2.40. The van der Waals surface area contributed by atoms with Crippen LogP contribution < -0.4 is 22.3 Å². The molecule has 1 aliphatic heterocycles. The number of hydrogen-bond donors (Lipinski definition) is 1. The highest BCUT2D eigenvalue weighted by molar-refractivity contribution is 6.34. The first-order valence-corrected chi connectivity index (χ1v) is 10.3. The molecule has 1 fully saturated rings. The number of quaternary nitrogens is 1. The average molecular weight is 497 g/mol. The second-order valence-electron chi connectivity index (χ2n) is 7.03. The number of amides is 1. The van der Waals surface area contributed by atoms with E-state index >= 15 is 0 Å². The van der Waals surface area contributed by atoms with Gasteiger partial charge >= 0.3 is 5.97 Å². The minimum Gasteiger partial charge on any atom is -1.00 e. The number of halogens is 3. The van der Waals surface area contributed by atoms with Crippen molar-refractivity contribution >= 4 is 35.1 Å². The number of rotatable bonds is 9. The largest absolute Gasteiger partial charge is 1.00 e. The van der Waals surface area contributed by atoms with E-state index in [1.807, 2.05) is 0 Å². The zero-order chi connectivity index (χ0) is 19.7. The molecule has 1 N–H and O–H groups in total. The monoisotopic (exact) mass is 495 g/mol. The van der Waals surface area contributed by atoms with E-state index in [4.69, 9.17) is 27.9 Å². The average Bonchev–Trinajstić information content (AvgIpc) is 2.64. The summed E-state index contributed by atoms with van der Waals surface area (Å²) in [7, 11) is 0. The van der Waals surface area contributed by atoms with Crippen molar-refractivity contribution in [3.8, 4) is 0 Å². The minimum atomic E-state index is -0.358. The number of nitrogens with zero attached hydrogens (tertiary/aromatic N) is 2. The Morgan fingerprint density at radius 2 is 1.93 bits per heavy atom. The maximum absolute atomic E-state index is 12.3. The zero-order valence-electron chi connectivity index (χ0n) is 16.2. The van der Waals surface area contributed by atoms with Gasteiger partial charge in [0, 0.05) is 0 Å². The molecule has 0 radical (unpaired) electrons. The van der Waals surface area contributed by atoms with Crippen LogP contribution in [0.4, 0.5) is 0 Å². The van der Waals surface area contributed by atoms with Gasteiger partial charge in [0.05, 0.1) is 37.8 Å². The highest BCUT2D eigenvalue weighted by atomic mass is 79.9. The lowest BCUT2D eigenvalue weighted by molar-refractivity contribution is -0.924. The quantitative estimate of drug-likeness (QED) is 0.233. The van der Waals surface area contributed by atoms with Crippen LogP contribution >= 0.6 is 23.2 Å². The highest BCUT2D eigenvalue weighted by Gasteiger charge is 2.33. The Morgan fingerprint density at radius 3 is 2.61 bits per heavy atom. The fourth-order valence-electron chi connectivity index (χ4n) is 3.36. The van der Waals surface area contributed by atoms with Crippen LogP contribution in [0.2, 0.25) is 10.2 Å². The molecule has 1 aromatic rings. The number of carbonyl (C=O) groups excluding carboxylic acids is 2. The Balaban J connectivity index is 0.00000392. The standard InChI is InChI=1S/C19H27Cl2N3O3.BrH/c1-2-3-13-27-17(25)14-24(10-5-4-6-11-24)12-9-22-19(26)18-15(20)7-8-16(21)23-18;/h7-8H,2-6,9-14H2,1H3;1H. The molecule has 2 rings (SSSR count). The topological polar surface area (TPSA) is 68.3 Å². The molecule has 1 aromatic heterocycles. The second-order valence-corrected chi connectivity index (χ2v) is 7.82. The summed E-state index contributed by atoms with van der Waals surface area (Å²) < 4.78 is 6.01. The molecule has 6 nitrogen and oxygen atoms in total. The van der Waals surface area contributed by atoms with Crippen LogP contribution in [-0.4, -0.2) is 60.7 Å². The van der Waals surface area contributed by atoms with Crippen molar-refractivity contribution in [3.63, 3.8) is 0 Å². The van der Waals surface area contributed by atoms with Crippen molar-refractivity contribution < 1.29 is 35.8 Å². The van der Waals surface area contributed by atoms with Gasteiger partial charge in [-0.05, 0) is 37.8 Å². The third-order valence-electron chi connectivity index (χ3n) is 4.89. The molecule has 158 valence electrons. The van der Waals surface area contributed by atoms with Crippen LogP contribution in [0.25, 0.3) is 0 Å². The summed E-state index contributed by atoms with van der Waals surface area (Å²) >= 11 is 11.9. The molecule has 2 heterocycles. The summed E-state index contributed by atoms with van der Waals surface area (Å²) in [5.41, 5.74) is 0.119. The summed E-state index contributed by atoms with van der Waals surface area (Å²) in [5, 5.41) is 3.34. The fourth-order valence-corrected chi connectivity index (χ4v) is 3.70. The SMILES string of the molecule is CCCCOC(=O)C[N+]1(CCNC(=O)c2nc(Cl)ccc2Cl)CCCCC1.[Br-]. The van der Waals surface area contributed by atoms with Gasteiger partial charge in [0.2, 0.25) is 0 Å². The summed E-state index contributed by atoms with van der Waals surface area (Å²) in [4.78, 5) is 28.6. The maximum atomic E-state index is 12.3. The van der Waals surface area contributed by atoms with Gasteiger partial charge in [0.1, 0.15) is 10.8 Å². The number of esters is 1. The van der Waals surface area contributed by atoms with E-state index < -0.39 is 0 Å². The van der Waals surface area contributed by atoms with E-state index in [-0.39, 0.29) is 44.7 Å². The Morgan fingerprint density at radius 1 is 1.21 bits per heavy atom. The number of nitrogens with one attached hydrogen (secondary N) is 1. The van der Waals surface area contributed by atoms with Crippen LogP contribution in [0, 0.1) is 0 Å².